The van der Waals surface area contributed by atoms with E-state index in [1.54, 1.807) is 0 Å². The fourth-order valence-corrected chi connectivity index (χ4v) is 4.88. The quantitative estimate of drug-likeness (QED) is 0.307. The van der Waals surface area contributed by atoms with Crippen LogP contribution in [0.2, 0.25) is 5.02 Å². The highest BCUT2D eigenvalue weighted by Gasteiger charge is 2.34. The van der Waals surface area contributed by atoms with Crippen molar-refractivity contribution in [2.75, 3.05) is 11.9 Å². The lowest BCUT2D eigenvalue weighted by Crippen LogP contribution is -2.43. The fourth-order valence-electron chi connectivity index (χ4n) is 4.32. The molecule has 2 heterocycles. The number of aromatic amines is 1. The number of anilines is 1. The third-order valence-electron chi connectivity index (χ3n) is 5.86. The van der Waals surface area contributed by atoms with Gasteiger partial charge in [-0.15, -0.1) is 0 Å². The largest absolute Gasteiger partial charge is 0.356 e. The van der Waals surface area contributed by atoms with Crippen LogP contribution in [0.25, 0.3) is 10.9 Å². The number of urea groups is 1. The van der Waals surface area contributed by atoms with Gasteiger partial charge in [-0.25, -0.2) is 4.79 Å². The van der Waals surface area contributed by atoms with Crippen molar-refractivity contribution in [1.82, 2.24) is 9.88 Å². The number of hydrogen-bond acceptors (Lipinski definition) is 1. The Hall–Kier alpha value is -2.76. The summed E-state index contributed by atoms with van der Waals surface area (Å²) in [4.78, 5) is 18.9. The summed E-state index contributed by atoms with van der Waals surface area (Å²) in [5, 5.41) is 4.92. The second kappa shape index (κ2) is 8.06. The number of carbonyl (C=O) groups excluding carboxylic acids is 1. The third kappa shape index (κ3) is 3.73. The molecule has 1 atom stereocenters. The van der Waals surface area contributed by atoms with Crippen molar-refractivity contribution >= 4 is 50.2 Å². The zero-order chi connectivity index (χ0) is 21.5. The van der Waals surface area contributed by atoms with Crippen molar-refractivity contribution in [1.29, 1.82) is 0 Å². The normalized spacial score (nSPS) is 15.7. The van der Waals surface area contributed by atoms with Crippen LogP contribution >= 0.6 is 27.5 Å². The Morgan fingerprint density at radius 1 is 1.13 bits per heavy atom. The highest BCUT2D eigenvalue weighted by atomic mass is 79.9. The molecule has 3 aromatic carbocycles. The first kappa shape index (κ1) is 20.2. The number of rotatable bonds is 2. The smallest absolute Gasteiger partial charge is 0.322 e. The first-order valence-electron chi connectivity index (χ1n) is 10.2. The topological polar surface area (TPSA) is 48.1 Å². The van der Waals surface area contributed by atoms with E-state index in [4.69, 9.17) is 11.6 Å². The monoisotopic (exact) mass is 493 g/mol. The zero-order valence-electron chi connectivity index (χ0n) is 17.0. The van der Waals surface area contributed by atoms with Crippen LogP contribution < -0.4 is 5.32 Å². The molecule has 0 saturated carbocycles. The van der Waals surface area contributed by atoms with Crippen molar-refractivity contribution in [3.8, 4) is 0 Å². The number of H-pyrrole nitrogens is 1. The van der Waals surface area contributed by atoms with Crippen LogP contribution in [0, 0.1) is 6.92 Å². The van der Waals surface area contributed by atoms with Crippen molar-refractivity contribution in [3.05, 3.63) is 98.6 Å². The summed E-state index contributed by atoms with van der Waals surface area (Å²) in [7, 11) is 0. The third-order valence-corrected chi connectivity index (χ3v) is 6.79. The van der Waals surface area contributed by atoms with Crippen LogP contribution in [0.5, 0.6) is 0 Å². The van der Waals surface area contributed by atoms with Gasteiger partial charge in [-0.2, -0.15) is 0 Å². The Morgan fingerprint density at radius 2 is 1.90 bits per heavy atom. The van der Waals surface area contributed by atoms with E-state index in [1.165, 1.54) is 11.1 Å². The Bertz CT molecular complexity index is 1280. The van der Waals surface area contributed by atoms with Crippen LogP contribution in [-0.2, 0) is 6.42 Å². The number of para-hydroxylation sites is 1. The molecule has 1 aliphatic heterocycles. The summed E-state index contributed by atoms with van der Waals surface area (Å²) in [6.07, 6.45) is 0.765. The lowest BCUT2D eigenvalue weighted by Gasteiger charge is -2.36. The lowest BCUT2D eigenvalue weighted by molar-refractivity contribution is 0.193. The molecule has 1 aromatic heterocycles. The summed E-state index contributed by atoms with van der Waals surface area (Å²) in [6.45, 7) is 2.68. The Labute approximate surface area is 194 Å². The van der Waals surface area contributed by atoms with Crippen molar-refractivity contribution < 1.29 is 4.79 Å². The van der Waals surface area contributed by atoms with Crippen molar-refractivity contribution in [2.24, 2.45) is 0 Å². The molecule has 0 aliphatic carbocycles. The van der Waals surface area contributed by atoms with E-state index in [0.717, 1.165) is 43.8 Å². The molecule has 2 amide bonds. The molecule has 5 rings (SSSR count). The Morgan fingerprint density at radius 3 is 2.68 bits per heavy atom. The maximum absolute atomic E-state index is 13.4. The van der Waals surface area contributed by atoms with Crippen LogP contribution in [0.15, 0.2) is 71.2 Å². The average molecular weight is 495 g/mol. The molecule has 31 heavy (non-hydrogen) atoms. The van der Waals surface area contributed by atoms with Crippen LogP contribution in [0.4, 0.5) is 10.5 Å². The van der Waals surface area contributed by atoms with Crippen LogP contribution in [-0.4, -0.2) is 22.5 Å². The number of fused-ring (bicyclic) bond motifs is 3. The molecule has 0 fully saturated rings. The van der Waals surface area contributed by atoms with Crippen LogP contribution in [0.1, 0.15) is 28.4 Å². The Balaban J connectivity index is 1.60. The van der Waals surface area contributed by atoms with E-state index >= 15 is 0 Å². The van der Waals surface area contributed by atoms with E-state index in [2.05, 4.69) is 57.4 Å². The van der Waals surface area contributed by atoms with Gasteiger partial charge in [0.05, 0.1) is 11.7 Å². The minimum absolute atomic E-state index is 0.125. The summed E-state index contributed by atoms with van der Waals surface area (Å²) in [5.74, 6) is 0. The first-order chi connectivity index (χ1) is 15.0. The number of halogens is 2. The van der Waals surface area contributed by atoms with Gasteiger partial charge in [0.2, 0.25) is 0 Å². The molecule has 0 saturated heterocycles. The fraction of sp³-hybridized carbons (Fsp3) is 0.160. The second-order valence-corrected chi connectivity index (χ2v) is 9.16. The molecule has 2 N–H and O–H groups in total. The molecule has 0 bridgehead atoms. The molecule has 0 spiro atoms. The van der Waals surface area contributed by atoms with Gasteiger partial charge in [-0.05, 0) is 70.7 Å². The predicted octanol–water partition coefficient (Wildman–Crippen LogP) is 7.07. The maximum atomic E-state index is 13.4. The molecule has 1 aliphatic rings. The number of nitrogens with one attached hydrogen (secondary N) is 2. The number of benzene rings is 3. The van der Waals surface area contributed by atoms with E-state index in [-0.39, 0.29) is 12.1 Å². The van der Waals surface area contributed by atoms with Gasteiger partial charge >= 0.3 is 6.03 Å². The van der Waals surface area contributed by atoms with Gasteiger partial charge in [0.15, 0.2) is 0 Å². The highest BCUT2D eigenvalue weighted by Crippen LogP contribution is 2.39. The SMILES string of the molecule is Cc1ccc(C2c3[nH]c4ccc(Cl)cc4c3CCN2C(=O)Nc2ccccc2Br)cc1. The number of amides is 2. The molecular weight excluding hydrogens is 474 g/mol. The lowest BCUT2D eigenvalue weighted by atomic mass is 9.92. The Kier molecular flexibility index (Phi) is 5.24. The van der Waals surface area contributed by atoms with Gasteiger partial charge in [0.1, 0.15) is 0 Å². The minimum Gasteiger partial charge on any atom is -0.356 e. The van der Waals surface area contributed by atoms with Gasteiger partial charge in [-0.3, -0.25) is 0 Å². The molecule has 156 valence electrons. The van der Waals surface area contributed by atoms with E-state index in [1.807, 2.05) is 47.4 Å². The van der Waals surface area contributed by atoms with Crippen molar-refractivity contribution in [2.45, 2.75) is 19.4 Å². The summed E-state index contributed by atoms with van der Waals surface area (Å²) < 4.78 is 0.855. The van der Waals surface area contributed by atoms with Crippen LogP contribution in [0.3, 0.4) is 0 Å². The van der Waals surface area contributed by atoms with Gasteiger partial charge in [-0.1, -0.05) is 53.6 Å². The number of aromatic nitrogens is 1. The average Bonchev–Trinajstić information content (AvgIpc) is 3.13. The van der Waals surface area contributed by atoms with Gasteiger partial charge in [0, 0.05) is 32.6 Å². The second-order valence-electron chi connectivity index (χ2n) is 7.87. The van der Waals surface area contributed by atoms with E-state index in [9.17, 15) is 4.79 Å². The minimum atomic E-state index is -0.210. The molecule has 0 radical (unpaired) electrons. The van der Waals surface area contributed by atoms with Gasteiger partial charge in [0.25, 0.3) is 0 Å². The maximum Gasteiger partial charge on any atom is 0.322 e. The predicted molar refractivity (Wildman–Crippen MR) is 130 cm³/mol. The first-order valence-corrected chi connectivity index (χ1v) is 11.4. The van der Waals surface area contributed by atoms with E-state index in [0.29, 0.717) is 6.54 Å². The van der Waals surface area contributed by atoms with E-state index < -0.39 is 0 Å². The molecule has 6 heteroatoms. The standard InChI is InChI=1S/C25H21BrClN3O/c1-15-6-8-16(9-7-15)24-23-18(19-14-17(27)10-11-21(19)28-23)12-13-30(24)25(31)29-22-5-3-2-4-20(22)26/h2-11,14,24,28H,12-13H2,1H3,(H,29,31). The highest BCUT2D eigenvalue weighted by molar-refractivity contribution is 9.10. The molecule has 4 nitrogen and oxygen atoms in total. The van der Waals surface area contributed by atoms with Crippen molar-refractivity contribution in [3.63, 3.8) is 0 Å². The van der Waals surface area contributed by atoms with Gasteiger partial charge < -0.3 is 15.2 Å². The summed E-state index contributed by atoms with van der Waals surface area (Å²) >= 11 is 9.80. The molecule has 4 aromatic rings. The number of nitrogens with zero attached hydrogens (tertiary/aromatic N) is 1. The molecule has 1 unspecified atom stereocenters. The number of hydrogen-bond donors (Lipinski definition) is 2. The zero-order valence-corrected chi connectivity index (χ0v) is 19.3. The summed E-state index contributed by atoms with van der Waals surface area (Å²) in [6, 6.07) is 21.6. The molecular formula is C25H21BrClN3O. The number of aryl methyl sites for hydroxylation is 1. The summed E-state index contributed by atoms with van der Waals surface area (Å²) in [5.41, 5.74) is 6.34. The number of carbonyl (C=O) groups is 1.